The largest absolute Gasteiger partial charge is 0.350 e. The highest BCUT2D eigenvalue weighted by molar-refractivity contribution is 7.14. The predicted molar refractivity (Wildman–Crippen MR) is 113 cm³/mol. The normalized spacial score (nSPS) is 15.0. The Labute approximate surface area is 171 Å². The van der Waals surface area contributed by atoms with E-state index >= 15 is 0 Å². The van der Waals surface area contributed by atoms with Gasteiger partial charge in [0.25, 0.3) is 5.91 Å². The molecule has 1 saturated heterocycles. The van der Waals surface area contributed by atoms with Crippen molar-refractivity contribution in [2.75, 3.05) is 26.7 Å². The van der Waals surface area contributed by atoms with E-state index in [0.717, 1.165) is 25.2 Å². The summed E-state index contributed by atoms with van der Waals surface area (Å²) in [6, 6.07) is 13.7. The Morgan fingerprint density at radius 1 is 1.04 bits per heavy atom. The van der Waals surface area contributed by atoms with Gasteiger partial charge in [0, 0.05) is 25.0 Å². The third-order valence-electron chi connectivity index (χ3n) is 5.01. The molecule has 1 aliphatic heterocycles. The molecule has 2 aromatic rings. The molecule has 1 aromatic heterocycles. The van der Waals surface area contributed by atoms with Gasteiger partial charge in [-0.3, -0.25) is 14.5 Å². The molecule has 1 N–H and O–H groups in total. The summed E-state index contributed by atoms with van der Waals surface area (Å²) < 4.78 is 0. The lowest BCUT2D eigenvalue weighted by Crippen LogP contribution is -2.37. The summed E-state index contributed by atoms with van der Waals surface area (Å²) in [5.74, 6) is -0.247. The third-order valence-corrected chi connectivity index (χ3v) is 6.07. The molecule has 2 amide bonds. The first-order valence-electron chi connectivity index (χ1n) is 9.99. The molecule has 28 heavy (non-hydrogen) atoms. The summed E-state index contributed by atoms with van der Waals surface area (Å²) in [4.78, 5) is 30.7. The SMILES string of the molecule is CN(CC(=O)NCc1ccccc1)C(=O)c1ccc(CN2CCCCCC2)s1. The average Bonchev–Trinajstić information content (AvgIpc) is 3.01. The summed E-state index contributed by atoms with van der Waals surface area (Å²) in [6.07, 6.45) is 5.17. The van der Waals surface area contributed by atoms with Gasteiger partial charge in [0.1, 0.15) is 0 Å². The number of amides is 2. The quantitative estimate of drug-likeness (QED) is 0.775. The number of carbonyl (C=O) groups excluding carboxylic acids is 2. The lowest BCUT2D eigenvalue weighted by Gasteiger charge is -2.18. The van der Waals surface area contributed by atoms with Crippen molar-refractivity contribution < 1.29 is 9.59 Å². The van der Waals surface area contributed by atoms with Gasteiger partial charge in [0.15, 0.2) is 0 Å². The second-order valence-corrected chi connectivity index (χ2v) is 8.55. The van der Waals surface area contributed by atoms with Crippen LogP contribution in [0.2, 0.25) is 0 Å². The number of nitrogens with zero attached hydrogens (tertiary/aromatic N) is 2. The van der Waals surface area contributed by atoms with Crippen molar-refractivity contribution in [2.24, 2.45) is 0 Å². The molecule has 0 bridgehead atoms. The summed E-state index contributed by atoms with van der Waals surface area (Å²) >= 11 is 1.54. The smallest absolute Gasteiger partial charge is 0.264 e. The Kier molecular flexibility index (Phi) is 7.62. The number of benzene rings is 1. The van der Waals surface area contributed by atoms with Gasteiger partial charge in [-0.1, -0.05) is 43.2 Å². The molecule has 6 heteroatoms. The minimum Gasteiger partial charge on any atom is -0.350 e. The van der Waals surface area contributed by atoms with Crippen molar-refractivity contribution in [1.29, 1.82) is 0 Å². The predicted octanol–water partition coefficient (Wildman–Crippen LogP) is 3.51. The van der Waals surface area contributed by atoms with E-state index in [2.05, 4.69) is 10.2 Å². The zero-order valence-electron chi connectivity index (χ0n) is 16.5. The van der Waals surface area contributed by atoms with Crippen molar-refractivity contribution in [3.05, 3.63) is 57.8 Å². The van der Waals surface area contributed by atoms with Crippen LogP contribution in [-0.2, 0) is 17.9 Å². The molecular formula is C22H29N3O2S. The van der Waals surface area contributed by atoms with Gasteiger partial charge in [0.2, 0.25) is 5.91 Å². The number of rotatable bonds is 7. The van der Waals surface area contributed by atoms with Crippen LogP contribution in [0.1, 0.15) is 45.8 Å². The molecule has 0 radical (unpaired) electrons. The van der Waals surface area contributed by atoms with Crippen molar-refractivity contribution >= 4 is 23.2 Å². The fourth-order valence-corrected chi connectivity index (χ4v) is 4.47. The Morgan fingerprint density at radius 2 is 1.75 bits per heavy atom. The van der Waals surface area contributed by atoms with Crippen LogP contribution in [0.15, 0.2) is 42.5 Å². The highest BCUT2D eigenvalue weighted by atomic mass is 32.1. The highest BCUT2D eigenvalue weighted by Crippen LogP contribution is 2.21. The fourth-order valence-electron chi connectivity index (χ4n) is 3.42. The standard InChI is InChI=1S/C22H29N3O2S/c1-24(17-21(26)23-15-18-9-5-4-6-10-18)22(27)20-12-11-19(28-20)16-25-13-7-2-3-8-14-25/h4-6,9-12H,2-3,7-8,13-17H2,1H3,(H,23,26). The molecule has 1 aliphatic rings. The topological polar surface area (TPSA) is 52.7 Å². The van der Waals surface area contributed by atoms with Gasteiger partial charge in [0.05, 0.1) is 11.4 Å². The van der Waals surface area contributed by atoms with E-state index in [1.54, 1.807) is 18.4 Å². The molecular weight excluding hydrogens is 370 g/mol. The second kappa shape index (κ2) is 10.4. The van der Waals surface area contributed by atoms with E-state index < -0.39 is 0 Å². The van der Waals surface area contributed by atoms with Gasteiger partial charge in [-0.15, -0.1) is 11.3 Å². The maximum Gasteiger partial charge on any atom is 0.264 e. The van der Waals surface area contributed by atoms with Crippen LogP contribution in [0.5, 0.6) is 0 Å². The number of hydrogen-bond donors (Lipinski definition) is 1. The minimum atomic E-state index is -0.152. The first kappa shape index (κ1) is 20.6. The van der Waals surface area contributed by atoms with E-state index in [-0.39, 0.29) is 18.4 Å². The first-order valence-corrected chi connectivity index (χ1v) is 10.8. The van der Waals surface area contributed by atoms with Crippen LogP contribution in [0.25, 0.3) is 0 Å². The number of likely N-dealkylation sites (tertiary alicyclic amines) is 1. The molecule has 0 aliphatic carbocycles. The molecule has 3 rings (SSSR count). The zero-order valence-corrected chi connectivity index (χ0v) is 17.3. The van der Waals surface area contributed by atoms with Crippen molar-refractivity contribution in [3.63, 3.8) is 0 Å². The third kappa shape index (κ3) is 6.17. The van der Waals surface area contributed by atoms with Gasteiger partial charge in [-0.2, -0.15) is 0 Å². The van der Waals surface area contributed by atoms with E-state index in [0.29, 0.717) is 11.4 Å². The minimum absolute atomic E-state index is 0.0605. The highest BCUT2D eigenvalue weighted by Gasteiger charge is 2.18. The molecule has 2 heterocycles. The maximum absolute atomic E-state index is 12.7. The van der Waals surface area contributed by atoms with Crippen LogP contribution in [0.3, 0.4) is 0 Å². The molecule has 1 fully saturated rings. The molecule has 5 nitrogen and oxygen atoms in total. The first-order chi connectivity index (χ1) is 13.6. The number of thiophene rings is 1. The maximum atomic E-state index is 12.7. The van der Waals surface area contributed by atoms with E-state index in [1.807, 2.05) is 42.5 Å². The molecule has 150 valence electrons. The monoisotopic (exact) mass is 399 g/mol. The Bertz CT molecular complexity index is 767. The van der Waals surface area contributed by atoms with Crippen LogP contribution in [0, 0.1) is 0 Å². The Morgan fingerprint density at radius 3 is 2.46 bits per heavy atom. The molecule has 0 spiro atoms. The van der Waals surface area contributed by atoms with Crippen LogP contribution >= 0.6 is 11.3 Å². The Hall–Kier alpha value is -2.18. The molecule has 0 atom stereocenters. The van der Waals surface area contributed by atoms with Gasteiger partial charge in [-0.25, -0.2) is 0 Å². The van der Waals surface area contributed by atoms with Crippen LogP contribution in [0.4, 0.5) is 0 Å². The summed E-state index contributed by atoms with van der Waals surface area (Å²) in [7, 11) is 1.68. The molecule has 0 saturated carbocycles. The molecule has 0 unspecified atom stereocenters. The van der Waals surface area contributed by atoms with E-state index in [4.69, 9.17) is 0 Å². The lowest BCUT2D eigenvalue weighted by molar-refractivity contribution is -0.121. The Balaban J connectivity index is 1.47. The van der Waals surface area contributed by atoms with Gasteiger partial charge in [-0.05, 0) is 43.6 Å². The lowest BCUT2D eigenvalue weighted by atomic mass is 10.2. The number of hydrogen-bond acceptors (Lipinski definition) is 4. The molecule has 1 aromatic carbocycles. The number of likely N-dealkylation sites (N-methyl/N-ethyl adjacent to an activating group) is 1. The summed E-state index contributed by atoms with van der Waals surface area (Å²) in [5, 5.41) is 2.87. The van der Waals surface area contributed by atoms with E-state index in [1.165, 1.54) is 35.5 Å². The van der Waals surface area contributed by atoms with Crippen molar-refractivity contribution in [1.82, 2.24) is 15.1 Å². The van der Waals surface area contributed by atoms with Gasteiger partial charge < -0.3 is 10.2 Å². The average molecular weight is 400 g/mol. The summed E-state index contributed by atoms with van der Waals surface area (Å²) in [5.41, 5.74) is 1.04. The van der Waals surface area contributed by atoms with Gasteiger partial charge >= 0.3 is 0 Å². The second-order valence-electron chi connectivity index (χ2n) is 7.38. The van der Waals surface area contributed by atoms with Crippen LogP contribution < -0.4 is 5.32 Å². The number of nitrogens with one attached hydrogen (secondary N) is 1. The van der Waals surface area contributed by atoms with Crippen molar-refractivity contribution in [3.8, 4) is 0 Å². The number of carbonyl (C=O) groups is 2. The van der Waals surface area contributed by atoms with Crippen molar-refractivity contribution in [2.45, 2.75) is 38.8 Å². The van der Waals surface area contributed by atoms with E-state index in [9.17, 15) is 9.59 Å². The summed E-state index contributed by atoms with van der Waals surface area (Å²) in [6.45, 7) is 3.73. The fraction of sp³-hybridized carbons (Fsp3) is 0.455. The van der Waals surface area contributed by atoms with Crippen LogP contribution in [-0.4, -0.2) is 48.3 Å². The zero-order chi connectivity index (χ0) is 19.8.